The maximum atomic E-state index is 12.0. The predicted molar refractivity (Wildman–Crippen MR) is 80.8 cm³/mol. The van der Waals surface area contributed by atoms with Gasteiger partial charge in [0.1, 0.15) is 5.75 Å². The molecular formula is C15H23N3O3. The fourth-order valence-electron chi connectivity index (χ4n) is 1.64. The van der Waals surface area contributed by atoms with Crippen LogP contribution < -0.4 is 10.5 Å². The summed E-state index contributed by atoms with van der Waals surface area (Å²) >= 11 is 0. The highest BCUT2D eigenvalue weighted by Gasteiger charge is 2.17. The molecule has 21 heavy (non-hydrogen) atoms. The summed E-state index contributed by atoms with van der Waals surface area (Å²) in [5.41, 5.74) is 6.51. The Hall–Kier alpha value is -2.08. The summed E-state index contributed by atoms with van der Waals surface area (Å²) in [6, 6.07) is 7.26. The molecular weight excluding hydrogens is 270 g/mol. The minimum Gasteiger partial charge on any atom is -0.484 e. The number of carbonyl (C=O) groups is 2. The van der Waals surface area contributed by atoms with Crippen LogP contribution in [0.25, 0.3) is 0 Å². The van der Waals surface area contributed by atoms with Gasteiger partial charge in [-0.2, -0.15) is 0 Å². The first-order chi connectivity index (χ1) is 9.97. The van der Waals surface area contributed by atoms with Crippen LogP contribution in [-0.2, 0) is 16.1 Å². The van der Waals surface area contributed by atoms with Gasteiger partial charge < -0.3 is 20.3 Å². The van der Waals surface area contributed by atoms with Crippen LogP contribution in [0, 0.1) is 0 Å². The molecule has 6 nitrogen and oxygen atoms in total. The largest absolute Gasteiger partial charge is 0.484 e. The van der Waals surface area contributed by atoms with Crippen molar-refractivity contribution in [2.24, 2.45) is 5.73 Å². The van der Waals surface area contributed by atoms with Gasteiger partial charge in [0.2, 0.25) is 5.91 Å². The highest BCUT2D eigenvalue weighted by molar-refractivity contribution is 5.85. The van der Waals surface area contributed by atoms with Crippen LogP contribution in [0.3, 0.4) is 0 Å². The van der Waals surface area contributed by atoms with Gasteiger partial charge in [0.15, 0.2) is 6.61 Å². The smallest absolute Gasteiger partial charge is 0.260 e. The number of hydrogen-bond acceptors (Lipinski definition) is 4. The fraction of sp³-hybridized carbons (Fsp3) is 0.467. The molecule has 0 aliphatic heterocycles. The average Bonchev–Trinajstić information content (AvgIpc) is 2.50. The number of hydrogen-bond donors (Lipinski definition) is 1. The Kier molecular flexibility index (Phi) is 6.68. The summed E-state index contributed by atoms with van der Waals surface area (Å²) in [6.45, 7) is 2.74. The van der Waals surface area contributed by atoms with E-state index in [2.05, 4.69) is 0 Å². The van der Waals surface area contributed by atoms with Crippen LogP contribution in [0.15, 0.2) is 24.3 Å². The van der Waals surface area contributed by atoms with Crippen molar-refractivity contribution in [2.45, 2.75) is 13.5 Å². The lowest BCUT2D eigenvalue weighted by atomic mass is 10.2. The van der Waals surface area contributed by atoms with Gasteiger partial charge in [0.05, 0.1) is 6.54 Å². The Morgan fingerprint density at radius 1 is 1.14 bits per heavy atom. The van der Waals surface area contributed by atoms with E-state index in [1.54, 1.807) is 26.2 Å². The van der Waals surface area contributed by atoms with E-state index in [1.807, 2.05) is 19.1 Å². The second-order valence-corrected chi connectivity index (χ2v) is 4.83. The third-order valence-electron chi connectivity index (χ3n) is 3.08. The fourth-order valence-corrected chi connectivity index (χ4v) is 1.64. The zero-order chi connectivity index (χ0) is 15.8. The van der Waals surface area contributed by atoms with E-state index in [1.165, 1.54) is 9.80 Å². The van der Waals surface area contributed by atoms with Gasteiger partial charge in [-0.25, -0.2) is 0 Å². The molecule has 0 bridgehead atoms. The Labute approximate surface area is 125 Å². The van der Waals surface area contributed by atoms with E-state index in [9.17, 15) is 9.59 Å². The number of benzene rings is 1. The Morgan fingerprint density at radius 3 is 2.24 bits per heavy atom. The SMILES string of the molecule is CCN(CC(=O)N(C)C)C(=O)COc1ccc(CN)cc1. The maximum Gasteiger partial charge on any atom is 0.260 e. The molecule has 0 atom stereocenters. The summed E-state index contributed by atoms with van der Waals surface area (Å²) < 4.78 is 5.44. The van der Waals surface area contributed by atoms with Crippen molar-refractivity contribution in [3.8, 4) is 5.75 Å². The number of likely N-dealkylation sites (N-methyl/N-ethyl adjacent to an activating group) is 2. The first-order valence-corrected chi connectivity index (χ1v) is 6.87. The van der Waals surface area contributed by atoms with Gasteiger partial charge in [0.25, 0.3) is 5.91 Å². The minimum atomic E-state index is -0.212. The highest BCUT2D eigenvalue weighted by Crippen LogP contribution is 2.11. The van der Waals surface area contributed by atoms with Crippen molar-refractivity contribution in [1.82, 2.24) is 9.80 Å². The summed E-state index contributed by atoms with van der Waals surface area (Å²) in [6.07, 6.45) is 0. The zero-order valence-electron chi connectivity index (χ0n) is 12.8. The van der Waals surface area contributed by atoms with E-state index >= 15 is 0 Å². The van der Waals surface area contributed by atoms with E-state index in [0.717, 1.165) is 5.56 Å². The number of amides is 2. The predicted octanol–water partition coefficient (Wildman–Crippen LogP) is 0.461. The molecule has 6 heteroatoms. The molecule has 0 fully saturated rings. The molecule has 2 N–H and O–H groups in total. The number of ether oxygens (including phenoxy) is 1. The van der Waals surface area contributed by atoms with Crippen LogP contribution >= 0.6 is 0 Å². The molecule has 0 unspecified atom stereocenters. The molecule has 0 spiro atoms. The topological polar surface area (TPSA) is 75.9 Å². The Morgan fingerprint density at radius 2 is 1.76 bits per heavy atom. The molecule has 116 valence electrons. The molecule has 0 saturated heterocycles. The van der Waals surface area contributed by atoms with E-state index in [4.69, 9.17) is 10.5 Å². The number of nitrogens with zero attached hydrogens (tertiary/aromatic N) is 2. The van der Waals surface area contributed by atoms with Crippen molar-refractivity contribution in [1.29, 1.82) is 0 Å². The highest BCUT2D eigenvalue weighted by atomic mass is 16.5. The summed E-state index contributed by atoms with van der Waals surface area (Å²) in [4.78, 5) is 26.6. The maximum absolute atomic E-state index is 12.0. The van der Waals surface area contributed by atoms with Crippen LogP contribution in [0.1, 0.15) is 12.5 Å². The van der Waals surface area contributed by atoms with Gasteiger partial charge >= 0.3 is 0 Å². The minimum absolute atomic E-state index is 0.0673. The molecule has 0 aliphatic rings. The van der Waals surface area contributed by atoms with Crippen LogP contribution in [0.5, 0.6) is 5.75 Å². The Bertz CT molecular complexity index is 472. The van der Waals surface area contributed by atoms with Gasteiger partial charge in [-0.1, -0.05) is 12.1 Å². The first kappa shape index (κ1) is 17.0. The Balaban J connectivity index is 2.51. The number of nitrogens with two attached hydrogens (primary N) is 1. The molecule has 1 aromatic rings. The molecule has 0 heterocycles. The van der Waals surface area contributed by atoms with Gasteiger partial charge in [-0.05, 0) is 24.6 Å². The number of carbonyl (C=O) groups excluding carboxylic acids is 2. The summed E-state index contributed by atoms with van der Waals surface area (Å²) in [5.74, 6) is 0.281. The normalized spacial score (nSPS) is 10.1. The van der Waals surface area contributed by atoms with Crippen molar-refractivity contribution in [3.05, 3.63) is 29.8 Å². The van der Waals surface area contributed by atoms with Gasteiger partial charge in [-0.3, -0.25) is 9.59 Å². The third kappa shape index (κ3) is 5.43. The monoisotopic (exact) mass is 293 g/mol. The van der Waals surface area contributed by atoms with E-state index in [0.29, 0.717) is 18.8 Å². The molecule has 0 saturated carbocycles. The standard InChI is InChI=1S/C15H23N3O3/c1-4-18(10-14(19)17(2)3)15(20)11-21-13-7-5-12(9-16)6-8-13/h5-8H,4,9-11,16H2,1-3H3. The van der Waals surface area contributed by atoms with Crippen molar-refractivity contribution >= 4 is 11.8 Å². The van der Waals surface area contributed by atoms with Crippen LogP contribution in [0.4, 0.5) is 0 Å². The molecule has 1 aromatic carbocycles. The molecule has 2 amide bonds. The van der Waals surface area contributed by atoms with Crippen molar-refractivity contribution < 1.29 is 14.3 Å². The number of rotatable bonds is 7. The van der Waals surface area contributed by atoms with Crippen molar-refractivity contribution in [2.75, 3.05) is 33.8 Å². The van der Waals surface area contributed by atoms with Gasteiger partial charge in [-0.15, -0.1) is 0 Å². The zero-order valence-corrected chi connectivity index (χ0v) is 12.8. The van der Waals surface area contributed by atoms with Gasteiger partial charge in [0, 0.05) is 27.2 Å². The second-order valence-electron chi connectivity index (χ2n) is 4.83. The van der Waals surface area contributed by atoms with E-state index < -0.39 is 0 Å². The van der Waals surface area contributed by atoms with Crippen LogP contribution in [-0.4, -0.2) is 55.4 Å². The summed E-state index contributed by atoms with van der Waals surface area (Å²) in [7, 11) is 3.33. The summed E-state index contributed by atoms with van der Waals surface area (Å²) in [5, 5.41) is 0. The lowest BCUT2D eigenvalue weighted by molar-refractivity contribution is -0.140. The lowest BCUT2D eigenvalue weighted by Gasteiger charge is -2.22. The second kappa shape index (κ2) is 8.26. The quantitative estimate of drug-likeness (QED) is 0.792. The molecule has 0 aliphatic carbocycles. The van der Waals surface area contributed by atoms with E-state index in [-0.39, 0.29) is 25.0 Å². The molecule has 0 aromatic heterocycles. The molecule has 1 rings (SSSR count). The lowest BCUT2D eigenvalue weighted by Crippen LogP contribution is -2.42. The third-order valence-corrected chi connectivity index (χ3v) is 3.08. The molecule has 0 radical (unpaired) electrons. The average molecular weight is 293 g/mol. The first-order valence-electron chi connectivity index (χ1n) is 6.87. The van der Waals surface area contributed by atoms with Crippen LogP contribution in [0.2, 0.25) is 0 Å². The van der Waals surface area contributed by atoms with Crippen molar-refractivity contribution in [3.63, 3.8) is 0 Å².